The molecule has 6 rings (SSSR count). The number of ether oxygens (including phenoxy) is 4. The molecule has 0 unspecified atom stereocenters. The van der Waals surface area contributed by atoms with Crippen molar-refractivity contribution in [3.63, 3.8) is 0 Å². The molecule has 0 radical (unpaired) electrons. The maximum absolute atomic E-state index is 12.7. The Morgan fingerprint density at radius 2 is 0.942 bits per heavy atom. The second-order valence-electron chi connectivity index (χ2n) is 10.2. The number of anilines is 2. The number of aryl methyl sites for hydroxylation is 2. The van der Waals surface area contributed by atoms with Crippen molar-refractivity contribution in [1.29, 1.82) is 0 Å². The van der Waals surface area contributed by atoms with Crippen molar-refractivity contribution in [3.05, 3.63) is 67.6 Å². The van der Waals surface area contributed by atoms with Gasteiger partial charge in [0, 0.05) is 0 Å². The summed E-state index contributed by atoms with van der Waals surface area (Å²) in [5, 5.41) is 7.48. The lowest BCUT2D eigenvalue weighted by Gasteiger charge is -2.10. The first-order chi connectivity index (χ1) is 24.5. The highest BCUT2D eigenvalue weighted by molar-refractivity contribution is 7.92. The highest BCUT2D eigenvalue weighted by Crippen LogP contribution is 2.35. The van der Waals surface area contributed by atoms with Crippen molar-refractivity contribution in [1.82, 2.24) is 39.2 Å². The summed E-state index contributed by atoms with van der Waals surface area (Å²) in [5.74, 6) is 0.776. The molecule has 0 fully saturated rings. The van der Waals surface area contributed by atoms with Crippen LogP contribution in [0.3, 0.4) is 0 Å². The number of aromatic nitrogens is 8. The van der Waals surface area contributed by atoms with E-state index in [2.05, 4.69) is 39.6 Å². The van der Waals surface area contributed by atoms with E-state index in [0.717, 1.165) is 9.03 Å². The van der Waals surface area contributed by atoms with Crippen molar-refractivity contribution < 1.29 is 35.8 Å². The molecule has 2 aromatic carbocycles. The van der Waals surface area contributed by atoms with Crippen LogP contribution in [-0.4, -0.2) is 84.4 Å². The molecule has 4 heterocycles. The smallest absolute Gasteiger partial charge is 0.299 e. The minimum absolute atomic E-state index is 0.0111. The molecule has 0 saturated carbocycles. The molecule has 4 aromatic heterocycles. The third kappa shape index (κ3) is 7.76. The monoisotopic (exact) mass is 834 g/mol. The zero-order valence-corrected chi connectivity index (χ0v) is 32.3. The van der Waals surface area contributed by atoms with Crippen LogP contribution in [0.15, 0.2) is 46.7 Å². The van der Waals surface area contributed by atoms with E-state index < -0.39 is 30.4 Å². The Kier molecular flexibility index (Phi) is 11.3. The summed E-state index contributed by atoms with van der Waals surface area (Å²) in [5.41, 5.74) is 1.41. The lowest BCUT2D eigenvalue weighted by atomic mass is 10.2. The van der Waals surface area contributed by atoms with Crippen LogP contribution in [0.2, 0.25) is 20.1 Å². The lowest BCUT2D eigenvalue weighted by molar-refractivity contribution is 0.364. The minimum atomic E-state index is -4.18. The molecule has 0 aliphatic heterocycles. The van der Waals surface area contributed by atoms with Crippen LogP contribution in [-0.2, 0) is 20.0 Å². The van der Waals surface area contributed by atoms with Crippen molar-refractivity contribution in [2.24, 2.45) is 0 Å². The van der Waals surface area contributed by atoms with E-state index in [0.29, 0.717) is 11.1 Å². The number of rotatable bonds is 10. The van der Waals surface area contributed by atoms with Gasteiger partial charge < -0.3 is 18.9 Å². The quantitative estimate of drug-likeness (QED) is 0.183. The summed E-state index contributed by atoms with van der Waals surface area (Å²) < 4.78 is 77.9. The van der Waals surface area contributed by atoms with Gasteiger partial charge in [0.25, 0.3) is 41.9 Å². The van der Waals surface area contributed by atoms with Gasteiger partial charge in [-0.05, 0) is 37.1 Å². The second kappa shape index (κ2) is 15.2. The molecule has 52 heavy (non-hydrogen) atoms. The Hall–Kier alpha value is -4.60. The van der Waals surface area contributed by atoms with Crippen LogP contribution >= 0.6 is 46.4 Å². The number of hydrogen-bond donors (Lipinski definition) is 2. The summed E-state index contributed by atoms with van der Waals surface area (Å²) in [7, 11) is -2.74. The van der Waals surface area contributed by atoms with Crippen molar-refractivity contribution >= 4 is 89.4 Å². The zero-order valence-electron chi connectivity index (χ0n) is 27.6. The first-order valence-corrected chi connectivity index (χ1v) is 18.7. The fourth-order valence-electron chi connectivity index (χ4n) is 4.19. The number of hydrogen-bond acceptors (Lipinski definition) is 14. The Bertz CT molecular complexity index is 2380. The van der Waals surface area contributed by atoms with Gasteiger partial charge in [0.2, 0.25) is 23.5 Å². The topological polar surface area (TPSA) is 215 Å². The van der Waals surface area contributed by atoms with Gasteiger partial charge in [-0.1, -0.05) is 58.5 Å². The number of benzene rings is 2. The van der Waals surface area contributed by atoms with Gasteiger partial charge in [-0.25, -0.2) is 0 Å². The highest BCUT2D eigenvalue weighted by Gasteiger charge is 2.27. The van der Waals surface area contributed by atoms with Crippen LogP contribution in [0, 0.1) is 13.8 Å². The molecule has 18 nitrogen and oxygen atoms in total. The first-order valence-electron chi connectivity index (χ1n) is 14.2. The van der Waals surface area contributed by atoms with E-state index in [1.807, 2.05) is 0 Å². The molecule has 0 aliphatic carbocycles. The molecular formula is C28H26Cl4N10O8S2. The molecule has 0 aliphatic rings. The molecule has 2 N–H and O–H groups in total. The average molecular weight is 837 g/mol. The molecular weight excluding hydrogens is 810 g/mol. The first kappa shape index (κ1) is 38.6. The van der Waals surface area contributed by atoms with Gasteiger partial charge in [0.15, 0.2) is 0 Å². The fraction of sp³-hybridized carbons (Fsp3) is 0.214. The van der Waals surface area contributed by atoms with Gasteiger partial charge in [-0.15, -0.1) is 10.2 Å². The molecule has 0 amide bonds. The Labute approximate surface area is 316 Å². The predicted octanol–water partition coefficient (Wildman–Crippen LogP) is 5.12. The summed E-state index contributed by atoms with van der Waals surface area (Å²) in [6.45, 7) is 3.45. The van der Waals surface area contributed by atoms with E-state index >= 15 is 0 Å². The van der Waals surface area contributed by atoms with Gasteiger partial charge in [0.1, 0.15) is 0 Å². The summed E-state index contributed by atoms with van der Waals surface area (Å²) in [6, 6.07) is 9.30. The Balaban J connectivity index is 0.000000201. The molecule has 0 atom stereocenters. The van der Waals surface area contributed by atoms with E-state index in [4.69, 9.17) is 65.4 Å². The number of methoxy groups -OCH3 is 4. The van der Waals surface area contributed by atoms with Gasteiger partial charge in [-0.3, -0.25) is 9.44 Å². The van der Waals surface area contributed by atoms with Crippen molar-refractivity contribution in [3.8, 4) is 23.5 Å². The van der Waals surface area contributed by atoms with Crippen LogP contribution in [0.5, 0.6) is 23.5 Å². The van der Waals surface area contributed by atoms with Gasteiger partial charge in [0.05, 0.1) is 72.0 Å². The molecule has 6 aromatic rings. The molecule has 0 bridgehead atoms. The Morgan fingerprint density at radius 3 is 1.27 bits per heavy atom. The van der Waals surface area contributed by atoms with E-state index in [9.17, 15) is 16.8 Å². The normalized spacial score (nSPS) is 11.6. The fourth-order valence-corrected chi connectivity index (χ4v) is 7.28. The van der Waals surface area contributed by atoms with Crippen LogP contribution in [0.1, 0.15) is 11.1 Å². The van der Waals surface area contributed by atoms with Gasteiger partial charge in [-0.2, -0.15) is 45.8 Å². The number of nitrogens with one attached hydrogen (secondary N) is 2. The maximum atomic E-state index is 12.7. The average Bonchev–Trinajstić information content (AvgIpc) is 3.77. The predicted molar refractivity (Wildman–Crippen MR) is 192 cm³/mol. The molecule has 0 spiro atoms. The van der Waals surface area contributed by atoms with Crippen molar-refractivity contribution in [2.75, 3.05) is 37.9 Å². The lowest BCUT2D eigenvalue weighted by Crippen LogP contribution is -2.15. The minimum Gasteiger partial charge on any atom is -0.481 e. The van der Waals surface area contributed by atoms with Crippen molar-refractivity contribution in [2.45, 2.75) is 24.2 Å². The number of nitrogens with zero attached hydrogens (tertiary/aromatic N) is 8. The number of halogens is 4. The van der Waals surface area contributed by atoms with E-state index in [1.54, 1.807) is 26.0 Å². The standard InChI is InChI=1S/2C14H13Cl2N5O4S/c2*1-7-4-5-8(15)12(11(7)16)20-26(22,23)14-18-13-17-9(24-2)6-10(25-3)21(13)19-14/h2*4-6,20H,1-3H3. The summed E-state index contributed by atoms with van der Waals surface area (Å²) >= 11 is 24.4. The summed E-state index contributed by atoms with van der Waals surface area (Å²) in [4.78, 5) is 15.9. The Morgan fingerprint density at radius 1 is 0.577 bits per heavy atom. The largest absolute Gasteiger partial charge is 0.481 e. The molecule has 24 heteroatoms. The SMILES string of the molecule is COc1cc(OC)n2nc(S(=O)(=O)Nc3c(Cl)ccc(C)c3Cl)nc2n1.COc1cc(OC)n2nc(S(=O)(=O)Nc3c(Cl)ccc(C)c3Cl)nc2n1. The third-order valence-corrected chi connectivity index (χ3v) is 10.7. The van der Waals surface area contributed by atoms with Gasteiger partial charge >= 0.3 is 0 Å². The molecule has 276 valence electrons. The van der Waals surface area contributed by atoms with E-state index in [1.165, 1.54) is 52.7 Å². The third-order valence-electron chi connectivity index (χ3n) is 6.83. The number of fused-ring (bicyclic) bond motifs is 2. The van der Waals surface area contributed by atoms with Crippen LogP contribution in [0.4, 0.5) is 11.4 Å². The van der Waals surface area contributed by atoms with Crippen LogP contribution < -0.4 is 28.4 Å². The highest BCUT2D eigenvalue weighted by atomic mass is 35.5. The molecule has 0 saturated heterocycles. The maximum Gasteiger partial charge on any atom is 0.299 e. The number of sulfonamides is 2. The van der Waals surface area contributed by atoms with Crippen LogP contribution in [0.25, 0.3) is 11.6 Å². The summed E-state index contributed by atoms with van der Waals surface area (Å²) in [6.07, 6.45) is 0. The zero-order chi connectivity index (χ0) is 38.1. The second-order valence-corrected chi connectivity index (χ2v) is 14.9. The van der Waals surface area contributed by atoms with E-state index in [-0.39, 0.29) is 66.5 Å².